The Morgan fingerprint density at radius 3 is 2.50 bits per heavy atom. The molecule has 0 aliphatic carbocycles. The fourth-order valence-electron chi connectivity index (χ4n) is 1.11. The van der Waals surface area contributed by atoms with Crippen molar-refractivity contribution in [2.45, 2.75) is 0 Å². The molecule has 2 N–H and O–H groups in total. The van der Waals surface area contributed by atoms with E-state index in [9.17, 15) is 13.2 Å². The van der Waals surface area contributed by atoms with Crippen LogP contribution in [0, 0.1) is 0 Å². The molecule has 16 heavy (non-hydrogen) atoms. The number of amides is 1. The predicted molar refractivity (Wildman–Crippen MR) is 63.3 cm³/mol. The van der Waals surface area contributed by atoms with E-state index in [2.05, 4.69) is 10.0 Å². The molecule has 0 saturated carbocycles. The Kier molecular flexibility index (Phi) is 3.77. The van der Waals surface area contributed by atoms with Crippen LogP contribution in [0.3, 0.4) is 0 Å². The molecule has 1 aromatic carbocycles. The minimum atomic E-state index is -3.36. The summed E-state index contributed by atoms with van der Waals surface area (Å²) < 4.78 is 24.2. The van der Waals surface area contributed by atoms with Crippen LogP contribution in [0.5, 0.6) is 0 Å². The third kappa shape index (κ3) is 3.39. The maximum Gasteiger partial charge on any atom is 0.252 e. The summed E-state index contributed by atoms with van der Waals surface area (Å²) in [5, 5.41) is 2.67. The number of halogens is 1. The molecule has 7 heteroatoms. The highest BCUT2D eigenvalue weighted by Gasteiger charge is 2.10. The molecule has 0 radical (unpaired) electrons. The Labute approximate surface area is 98.9 Å². The first-order chi connectivity index (χ1) is 7.33. The Hall–Kier alpha value is -1.27. The number of nitrogens with one attached hydrogen (secondary N) is 2. The molecule has 88 valence electrons. The second-order valence-corrected chi connectivity index (χ2v) is 5.30. The van der Waals surface area contributed by atoms with Crippen LogP contribution in [0.4, 0.5) is 5.69 Å². The lowest BCUT2D eigenvalue weighted by atomic mass is 10.2. The van der Waals surface area contributed by atoms with Crippen molar-refractivity contribution in [3.05, 3.63) is 28.8 Å². The fourth-order valence-corrected chi connectivity index (χ4v) is 1.87. The lowest BCUT2D eigenvalue weighted by molar-refractivity contribution is 0.0963. The van der Waals surface area contributed by atoms with Crippen molar-refractivity contribution in [1.29, 1.82) is 0 Å². The average molecular weight is 263 g/mol. The third-order valence-electron chi connectivity index (χ3n) is 1.74. The molecular weight excluding hydrogens is 252 g/mol. The molecule has 0 bridgehead atoms. The summed E-state index contributed by atoms with van der Waals surface area (Å²) in [5.41, 5.74) is 0.517. The Bertz CT molecular complexity index is 513. The maximum atomic E-state index is 11.4. The van der Waals surface area contributed by atoms with Crippen LogP contribution in [0.15, 0.2) is 18.2 Å². The molecule has 0 heterocycles. The Balaban J connectivity index is 3.12. The van der Waals surface area contributed by atoms with E-state index in [1.807, 2.05) is 0 Å². The van der Waals surface area contributed by atoms with E-state index < -0.39 is 10.0 Å². The summed E-state index contributed by atoms with van der Waals surface area (Å²) in [4.78, 5) is 11.4. The monoisotopic (exact) mass is 262 g/mol. The van der Waals surface area contributed by atoms with Gasteiger partial charge in [-0.15, -0.1) is 0 Å². The van der Waals surface area contributed by atoms with Crippen LogP contribution >= 0.6 is 11.6 Å². The number of hydrogen-bond donors (Lipinski definition) is 2. The second kappa shape index (κ2) is 4.71. The van der Waals surface area contributed by atoms with Gasteiger partial charge >= 0.3 is 0 Å². The molecule has 0 saturated heterocycles. The molecule has 0 unspecified atom stereocenters. The molecule has 5 nitrogen and oxygen atoms in total. The van der Waals surface area contributed by atoms with Crippen molar-refractivity contribution >= 4 is 33.2 Å². The zero-order chi connectivity index (χ0) is 12.3. The third-order valence-corrected chi connectivity index (χ3v) is 2.68. The summed E-state index contributed by atoms with van der Waals surface area (Å²) in [7, 11) is -1.90. The molecular formula is C9H11ClN2O3S. The van der Waals surface area contributed by atoms with E-state index >= 15 is 0 Å². The summed E-state index contributed by atoms with van der Waals surface area (Å²) in [6.07, 6.45) is 1.03. The van der Waals surface area contributed by atoms with Gasteiger partial charge < -0.3 is 5.32 Å². The Morgan fingerprint density at radius 2 is 2.00 bits per heavy atom. The quantitative estimate of drug-likeness (QED) is 0.856. The van der Waals surface area contributed by atoms with Gasteiger partial charge in [0.25, 0.3) is 5.91 Å². The Morgan fingerprint density at radius 1 is 1.38 bits per heavy atom. The minimum absolute atomic E-state index is 0.220. The molecule has 0 aromatic heterocycles. The largest absolute Gasteiger partial charge is 0.355 e. The van der Waals surface area contributed by atoms with Gasteiger partial charge in [0.15, 0.2) is 0 Å². The number of carbonyl (C=O) groups is 1. The standard InChI is InChI=1S/C9H11ClN2O3S/c1-11-9(13)7-5-6(3-4-8(7)10)12-16(2,14)15/h3-5,12H,1-2H3,(H,11,13). The first-order valence-electron chi connectivity index (χ1n) is 4.33. The van der Waals surface area contributed by atoms with E-state index in [-0.39, 0.29) is 16.5 Å². The molecule has 1 rings (SSSR count). The molecule has 1 amide bonds. The summed E-state index contributed by atoms with van der Waals surface area (Å²) >= 11 is 5.80. The van der Waals surface area contributed by atoms with Crippen molar-refractivity contribution < 1.29 is 13.2 Å². The molecule has 0 fully saturated rings. The van der Waals surface area contributed by atoms with E-state index in [4.69, 9.17) is 11.6 Å². The van der Waals surface area contributed by atoms with Gasteiger partial charge in [0, 0.05) is 12.7 Å². The maximum absolute atomic E-state index is 11.4. The van der Waals surface area contributed by atoms with Crippen LogP contribution in [-0.4, -0.2) is 27.6 Å². The van der Waals surface area contributed by atoms with Crippen LogP contribution in [-0.2, 0) is 10.0 Å². The van der Waals surface area contributed by atoms with Crippen molar-refractivity contribution in [3.8, 4) is 0 Å². The van der Waals surface area contributed by atoms with Crippen molar-refractivity contribution in [3.63, 3.8) is 0 Å². The van der Waals surface area contributed by atoms with Crippen LogP contribution in [0.25, 0.3) is 0 Å². The van der Waals surface area contributed by atoms with E-state index in [0.29, 0.717) is 5.69 Å². The smallest absolute Gasteiger partial charge is 0.252 e. The lowest BCUT2D eigenvalue weighted by Gasteiger charge is -2.07. The predicted octanol–water partition coefficient (Wildman–Crippen LogP) is 1.07. The number of rotatable bonds is 3. The number of carbonyl (C=O) groups excluding carboxylic acids is 1. The van der Waals surface area contributed by atoms with Gasteiger partial charge in [0.05, 0.1) is 16.8 Å². The second-order valence-electron chi connectivity index (χ2n) is 3.15. The zero-order valence-corrected chi connectivity index (χ0v) is 10.3. The first kappa shape index (κ1) is 12.8. The molecule has 0 aliphatic heterocycles. The average Bonchev–Trinajstić information content (AvgIpc) is 2.18. The minimum Gasteiger partial charge on any atom is -0.355 e. The highest BCUT2D eigenvalue weighted by molar-refractivity contribution is 7.92. The topological polar surface area (TPSA) is 75.3 Å². The lowest BCUT2D eigenvalue weighted by Crippen LogP contribution is -2.19. The molecule has 0 atom stereocenters. The van der Waals surface area contributed by atoms with Gasteiger partial charge in [-0.1, -0.05) is 11.6 Å². The van der Waals surface area contributed by atoms with Crippen molar-refractivity contribution in [1.82, 2.24) is 5.32 Å². The van der Waals surface area contributed by atoms with Crippen LogP contribution in [0.1, 0.15) is 10.4 Å². The first-order valence-corrected chi connectivity index (χ1v) is 6.60. The molecule has 1 aromatic rings. The van der Waals surface area contributed by atoms with Gasteiger partial charge in [-0.25, -0.2) is 8.42 Å². The fraction of sp³-hybridized carbons (Fsp3) is 0.222. The molecule has 0 aliphatic rings. The number of sulfonamides is 1. The van der Waals surface area contributed by atoms with Gasteiger partial charge in [-0.05, 0) is 18.2 Å². The highest BCUT2D eigenvalue weighted by Crippen LogP contribution is 2.20. The zero-order valence-electron chi connectivity index (χ0n) is 8.74. The van der Waals surface area contributed by atoms with Crippen molar-refractivity contribution in [2.75, 3.05) is 18.0 Å². The summed E-state index contributed by atoms with van der Waals surface area (Å²) in [5.74, 6) is -0.373. The van der Waals surface area contributed by atoms with Gasteiger partial charge in [-0.2, -0.15) is 0 Å². The summed E-state index contributed by atoms with van der Waals surface area (Å²) in [6, 6.07) is 4.32. The van der Waals surface area contributed by atoms with E-state index in [1.165, 1.54) is 25.2 Å². The number of benzene rings is 1. The normalized spacial score (nSPS) is 10.9. The van der Waals surface area contributed by atoms with Crippen LogP contribution in [0.2, 0.25) is 5.02 Å². The van der Waals surface area contributed by atoms with Crippen LogP contribution < -0.4 is 10.0 Å². The van der Waals surface area contributed by atoms with Crippen molar-refractivity contribution in [2.24, 2.45) is 0 Å². The highest BCUT2D eigenvalue weighted by atomic mass is 35.5. The van der Waals surface area contributed by atoms with E-state index in [1.54, 1.807) is 0 Å². The SMILES string of the molecule is CNC(=O)c1cc(NS(C)(=O)=O)ccc1Cl. The van der Waals surface area contributed by atoms with E-state index in [0.717, 1.165) is 6.26 Å². The van der Waals surface area contributed by atoms with Gasteiger partial charge in [0.2, 0.25) is 10.0 Å². The number of hydrogen-bond acceptors (Lipinski definition) is 3. The molecule has 0 spiro atoms. The summed E-state index contributed by atoms with van der Waals surface area (Å²) in [6.45, 7) is 0. The van der Waals surface area contributed by atoms with Gasteiger partial charge in [0.1, 0.15) is 0 Å². The van der Waals surface area contributed by atoms with Gasteiger partial charge in [-0.3, -0.25) is 9.52 Å². The number of anilines is 1.